The Kier molecular flexibility index (Phi) is 9.22. The minimum atomic E-state index is -1.01. The molecule has 0 aliphatic heterocycles. The number of nitrogens with two attached hydrogens (primary N) is 2. The molecule has 0 heterocycles. The third-order valence-corrected chi connectivity index (χ3v) is 4.35. The van der Waals surface area contributed by atoms with Crippen LogP contribution in [0.25, 0.3) is 6.08 Å². The first kappa shape index (κ1) is 23.6. The summed E-state index contributed by atoms with van der Waals surface area (Å²) in [6, 6.07) is 9.90. The number of unbranched alkanes of at least 4 members (excludes halogenated alkanes) is 3. The molecule has 2 aromatic rings. The summed E-state index contributed by atoms with van der Waals surface area (Å²) in [5.74, 6) is -0.299. The van der Waals surface area contributed by atoms with E-state index in [9.17, 15) is 9.59 Å². The van der Waals surface area contributed by atoms with Crippen molar-refractivity contribution in [2.75, 3.05) is 31.8 Å². The molecule has 0 spiro atoms. The Morgan fingerprint density at radius 1 is 0.935 bits per heavy atom. The van der Waals surface area contributed by atoms with E-state index in [1.165, 1.54) is 13.2 Å². The number of rotatable bonds is 12. The number of carbonyl (C=O) groups is 2. The molecule has 0 aliphatic rings. The number of carboxylic acids is 1. The molecule has 0 unspecified atom stereocenters. The van der Waals surface area contributed by atoms with E-state index < -0.39 is 11.9 Å². The van der Waals surface area contributed by atoms with Gasteiger partial charge in [0.15, 0.2) is 11.5 Å². The zero-order chi connectivity index (χ0) is 22.6. The highest BCUT2D eigenvalue weighted by Gasteiger charge is 2.09. The lowest BCUT2D eigenvalue weighted by Gasteiger charge is -2.11. The third kappa shape index (κ3) is 8.30. The number of anilines is 2. The second-order valence-electron chi connectivity index (χ2n) is 6.87. The van der Waals surface area contributed by atoms with Gasteiger partial charge in [-0.1, -0.05) is 6.07 Å². The summed E-state index contributed by atoms with van der Waals surface area (Å²) >= 11 is 0. The van der Waals surface area contributed by atoms with Gasteiger partial charge in [0.2, 0.25) is 0 Å². The van der Waals surface area contributed by atoms with Gasteiger partial charge in [-0.15, -0.1) is 0 Å². The molecule has 0 aromatic heterocycles. The monoisotopic (exact) mass is 428 g/mol. The van der Waals surface area contributed by atoms with E-state index in [1.807, 2.05) is 0 Å². The van der Waals surface area contributed by atoms with Crippen LogP contribution < -0.4 is 20.9 Å². The van der Waals surface area contributed by atoms with E-state index in [2.05, 4.69) is 0 Å². The average Bonchev–Trinajstić information content (AvgIpc) is 2.73. The Labute approximate surface area is 181 Å². The van der Waals surface area contributed by atoms with Crippen molar-refractivity contribution in [1.82, 2.24) is 0 Å². The number of aliphatic carboxylic acids is 1. The smallest absolute Gasteiger partial charge is 0.338 e. The van der Waals surface area contributed by atoms with E-state index in [-0.39, 0.29) is 0 Å². The van der Waals surface area contributed by atoms with Crippen molar-refractivity contribution in [1.29, 1.82) is 0 Å². The molecule has 8 heteroatoms. The molecular formula is C23H28N2O6. The highest BCUT2D eigenvalue weighted by molar-refractivity contribution is 5.91. The van der Waals surface area contributed by atoms with Crippen LogP contribution in [0, 0.1) is 0 Å². The third-order valence-electron chi connectivity index (χ3n) is 4.35. The Bertz CT molecular complexity index is 906. The summed E-state index contributed by atoms with van der Waals surface area (Å²) in [4.78, 5) is 22.6. The van der Waals surface area contributed by atoms with Gasteiger partial charge >= 0.3 is 11.9 Å². The Balaban J connectivity index is 1.65. The first-order valence-electron chi connectivity index (χ1n) is 9.94. The predicted molar refractivity (Wildman–Crippen MR) is 119 cm³/mol. The number of methoxy groups -OCH3 is 1. The van der Waals surface area contributed by atoms with Gasteiger partial charge in [-0.3, -0.25) is 0 Å². The maximum absolute atomic E-state index is 12.0. The van der Waals surface area contributed by atoms with E-state index in [4.69, 9.17) is 30.8 Å². The van der Waals surface area contributed by atoms with Crippen LogP contribution in [0.4, 0.5) is 11.4 Å². The van der Waals surface area contributed by atoms with Crippen molar-refractivity contribution in [3.63, 3.8) is 0 Å². The van der Waals surface area contributed by atoms with Crippen molar-refractivity contribution < 1.29 is 28.9 Å². The van der Waals surface area contributed by atoms with Gasteiger partial charge in [0.1, 0.15) is 0 Å². The van der Waals surface area contributed by atoms with Crippen molar-refractivity contribution in [2.24, 2.45) is 0 Å². The molecule has 31 heavy (non-hydrogen) atoms. The second-order valence-corrected chi connectivity index (χ2v) is 6.87. The van der Waals surface area contributed by atoms with Gasteiger partial charge < -0.3 is 30.8 Å². The van der Waals surface area contributed by atoms with Crippen molar-refractivity contribution in [2.45, 2.75) is 25.7 Å². The molecular weight excluding hydrogens is 400 g/mol. The van der Waals surface area contributed by atoms with Crippen LogP contribution in [0.3, 0.4) is 0 Å². The Morgan fingerprint density at radius 3 is 2.26 bits per heavy atom. The molecule has 166 valence electrons. The zero-order valence-electron chi connectivity index (χ0n) is 17.5. The first-order valence-corrected chi connectivity index (χ1v) is 9.94. The van der Waals surface area contributed by atoms with Crippen LogP contribution in [0.2, 0.25) is 0 Å². The summed E-state index contributed by atoms with van der Waals surface area (Å²) in [7, 11) is 1.53. The SMILES string of the molecule is COc1cc(/C=C/C(=O)O)ccc1OCCCCCCOC(=O)c1cc(N)cc(N)c1. The second kappa shape index (κ2) is 12.1. The largest absolute Gasteiger partial charge is 0.493 e. The summed E-state index contributed by atoms with van der Waals surface area (Å²) in [6.45, 7) is 0.844. The summed E-state index contributed by atoms with van der Waals surface area (Å²) in [5.41, 5.74) is 13.3. The highest BCUT2D eigenvalue weighted by Crippen LogP contribution is 2.28. The number of carboxylic acid groups (broad SMARTS) is 1. The molecule has 0 saturated heterocycles. The Hall–Kier alpha value is -3.68. The molecule has 0 aliphatic carbocycles. The number of ether oxygens (including phenoxy) is 3. The van der Waals surface area contributed by atoms with Crippen molar-refractivity contribution in [3.05, 3.63) is 53.6 Å². The number of benzene rings is 2. The zero-order valence-corrected chi connectivity index (χ0v) is 17.5. The number of hydrogen-bond donors (Lipinski definition) is 3. The van der Waals surface area contributed by atoms with Gasteiger partial charge in [-0.2, -0.15) is 0 Å². The maximum atomic E-state index is 12.0. The molecule has 0 bridgehead atoms. The van der Waals surface area contributed by atoms with E-state index >= 15 is 0 Å². The summed E-state index contributed by atoms with van der Waals surface area (Å²) in [5, 5.41) is 8.70. The van der Waals surface area contributed by atoms with Crippen LogP contribution in [-0.2, 0) is 9.53 Å². The molecule has 2 aromatic carbocycles. The number of esters is 1. The molecule has 0 amide bonds. The fourth-order valence-corrected chi connectivity index (χ4v) is 2.86. The van der Waals surface area contributed by atoms with Gasteiger partial charge in [0.05, 0.1) is 25.9 Å². The predicted octanol–water partition coefficient (Wildman–Crippen LogP) is 3.75. The molecule has 8 nitrogen and oxygen atoms in total. The summed E-state index contributed by atoms with van der Waals surface area (Å²) < 4.78 is 16.3. The minimum absolute atomic E-state index is 0.327. The minimum Gasteiger partial charge on any atom is -0.493 e. The van der Waals surface area contributed by atoms with Gasteiger partial charge in [-0.05, 0) is 67.7 Å². The lowest BCUT2D eigenvalue weighted by Crippen LogP contribution is -2.08. The number of nitrogen functional groups attached to an aromatic ring is 2. The molecule has 0 radical (unpaired) electrons. The molecule has 0 atom stereocenters. The molecule has 2 rings (SSSR count). The number of hydrogen-bond acceptors (Lipinski definition) is 7. The van der Waals surface area contributed by atoms with Gasteiger partial charge in [0, 0.05) is 17.5 Å². The van der Waals surface area contributed by atoms with E-state index in [0.29, 0.717) is 47.2 Å². The number of carbonyl (C=O) groups excluding carboxylic acids is 1. The lowest BCUT2D eigenvalue weighted by atomic mass is 10.1. The van der Waals surface area contributed by atoms with Crippen LogP contribution >= 0.6 is 0 Å². The maximum Gasteiger partial charge on any atom is 0.338 e. The normalized spacial score (nSPS) is 10.7. The molecule has 0 saturated carbocycles. The molecule has 0 fully saturated rings. The topological polar surface area (TPSA) is 134 Å². The van der Waals surface area contributed by atoms with Crippen LogP contribution in [0.1, 0.15) is 41.6 Å². The fourth-order valence-electron chi connectivity index (χ4n) is 2.86. The van der Waals surface area contributed by atoms with E-state index in [1.54, 1.807) is 36.4 Å². The van der Waals surface area contributed by atoms with Crippen molar-refractivity contribution in [3.8, 4) is 11.5 Å². The highest BCUT2D eigenvalue weighted by atomic mass is 16.5. The van der Waals surface area contributed by atoms with Gasteiger partial charge in [-0.25, -0.2) is 9.59 Å². The van der Waals surface area contributed by atoms with Crippen LogP contribution in [0.15, 0.2) is 42.5 Å². The van der Waals surface area contributed by atoms with E-state index in [0.717, 1.165) is 31.8 Å². The van der Waals surface area contributed by atoms with Crippen LogP contribution in [0.5, 0.6) is 11.5 Å². The quantitative estimate of drug-likeness (QED) is 0.201. The lowest BCUT2D eigenvalue weighted by molar-refractivity contribution is -0.131. The summed E-state index contributed by atoms with van der Waals surface area (Å²) in [6.07, 6.45) is 5.96. The fraction of sp³-hybridized carbons (Fsp3) is 0.304. The average molecular weight is 428 g/mol. The standard InChI is InChI=1S/C23H28N2O6/c1-29-21-12-16(7-9-22(26)27)6-8-20(21)30-10-4-2-3-5-11-31-23(28)17-13-18(24)15-19(25)14-17/h6-9,12-15H,2-5,10-11,24-25H2,1H3,(H,26,27)/b9-7+. The van der Waals surface area contributed by atoms with Gasteiger partial charge in [0.25, 0.3) is 0 Å². The first-order chi connectivity index (χ1) is 14.9. The Morgan fingerprint density at radius 2 is 1.61 bits per heavy atom. The van der Waals surface area contributed by atoms with Crippen molar-refractivity contribution >= 4 is 29.4 Å². The molecule has 5 N–H and O–H groups in total. The van der Waals surface area contributed by atoms with Crippen LogP contribution in [-0.4, -0.2) is 37.4 Å².